The van der Waals surface area contributed by atoms with Crippen LogP contribution in [-0.4, -0.2) is 291 Å². The van der Waals surface area contributed by atoms with Crippen molar-refractivity contribution in [2.45, 2.75) is 57.7 Å². The summed E-state index contributed by atoms with van der Waals surface area (Å²) < 4.78 is 98.0. The zero-order valence-electron chi connectivity index (χ0n) is 57.0. The Morgan fingerprint density at radius 1 is 0.723 bits per heavy atom. The summed E-state index contributed by atoms with van der Waals surface area (Å²) in [4.78, 5) is 72.8. The number of unbranched alkanes of at least 4 members (excludes halogenated alkanes) is 1. The van der Waals surface area contributed by atoms with Crippen molar-refractivity contribution in [3.8, 4) is 23.4 Å². The molecule has 0 aliphatic carbocycles. The number of Topliss-reactive ketones (excluding diaryl/α,β-unsaturated/α-hetero) is 1. The van der Waals surface area contributed by atoms with Crippen LogP contribution in [0.5, 0.6) is 11.5 Å². The smallest absolute Gasteiger partial charge is 0.313 e. The number of carbonyl (C=O) groups is 4. The second-order valence-corrected chi connectivity index (χ2v) is 23.5. The number of aliphatic hydroxyl groups is 2. The molecular weight excluding hydrogens is 1330 g/mol. The average molecular weight is 1420 g/mol. The van der Waals surface area contributed by atoms with Gasteiger partial charge in [0.1, 0.15) is 23.6 Å². The zero-order chi connectivity index (χ0) is 71.4. The van der Waals surface area contributed by atoms with Crippen molar-refractivity contribution in [2.24, 2.45) is 0 Å². The number of nitrogens with zero attached hydrogens (tertiary/aromatic N) is 12. The largest absolute Gasteiger partial charge is 0.494 e. The molecule has 2 fully saturated rings. The highest BCUT2D eigenvalue weighted by Gasteiger charge is 2.31. The topological polar surface area (TPSA) is 340 Å². The molecule has 30 nitrogen and oxygen atoms in total. The molecule has 550 valence electrons. The number of H-pyrrole nitrogens is 1. The number of esters is 1. The molecule has 0 unspecified atom stereocenters. The molecular formula is C68H91F3N14O16. The summed E-state index contributed by atoms with van der Waals surface area (Å²) in [6.45, 7) is 13.4. The van der Waals surface area contributed by atoms with Gasteiger partial charge in [-0.1, -0.05) is 35.5 Å². The molecule has 4 aromatic heterocycles. The van der Waals surface area contributed by atoms with Gasteiger partial charge in [0.2, 0.25) is 11.6 Å². The van der Waals surface area contributed by atoms with Crippen molar-refractivity contribution in [2.75, 3.05) is 191 Å². The Balaban J connectivity index is 0.588. The number of benzene rings is 2. The van der Waals surface area contributed by atoms with E-state index in [0.29, 0.717) is 159 Å². The van der Waals surface area contributed by atoms with E-state index in [-0.39, 0.29) is 82.0 Å². The van der Waals surface area contributed by atoms with Gasteiger partial charge in [-0.3, -0.25) is 29.0 Å². The summed E-state index contributed by atoms with van der Waals surface area (Å²) >= 11 is 0. The maximum Gasteiger partial charge on any atom is 0.313 e. The lowest BCUT2D eigenvalue weighted by Gasteiger charge is -2.35. The number of nitrogens with one attached hydrogen (secondary N) is 2. The van der Waals surface area contributed by atoms with Gasteiger partial charge in [-0.15, -0.1) is 10.2 Å². The number of carbonyl (C=O) groups excluding carboxylic acids is 4. The molecule has 8 rings (SSSR count). The van der Waals surface area contributed by atoms with Crippen LogP contribution >= 0.6 is 0 Å². The number of likely N-dealkylation sites (tertiary alicyclic amines) is 1. The van der Waals surface area contributed by atoms with Gasteiger partial charge >= 0.3 is 5.97 Å². The molecule has 0 saturated carbocycles. The highest BCUT2D eigenvalue weighted by Crippen LogP contribution is 2.33. The Labute approximate surface area is 583 Å². The number of aromatic nitrogens is 8. The van der Waals surface area contributed by atoms with Crippen LogP contribution in [0.15, 0.2) is 73.0 Å². The van der Waals surface area contributed by atoms with Crippen LogP contribution in [0.25, 0.3) is 22.3 Å². The monoisotopic (exact) mass is 1420 g/mol. The second-order valence-electron chi connectivity index (χ2n) is 23.5. The molecule has 0 radical (unpaired) electrons. The van der Waals surface area contributed by atoms with E-state index in [9.17, 15) is 47.8 Å². The van der Waals surface area contributed by atoms with E-state index >= 15 is 0 Å². The lowest BCUT2D eigenvalue weighted by atomic mass is 9.93. The third-order valence-electron chi connectivity index (χ3n) is 16.6. The number of aliphatic hydroxyl groups excluding tert-OH is 2. The van der Waals surface area contributed by atoms with Gasteiger partial charge in [0.25, 0.3) is 17.6 Å². The molecule has 2 saturated heterocycles. The molecule has 0 atom stereocenters. The quantitative estimate of drug-likeness (QED) is 0.0106. The highest BCUT2D eigenvalue weighted by atomic mass is 19.1. The first kappa shape index (κ1) is 78.5. The van der Waals surface area contributed by atoms with E-state index in [4.69, 9.17) is 42.6 Å². The van der Waals surface area contributed by atoms with Gasteiger partial charge in [-0.05, 0) is 56.3 Å². The molecule has 2 aliphatic rings. The maximum atomic E-state index is 13.9. The number of rotatable bonds is 48. The zero-order valence-corrected chi connectivity index (χ0v) is 57.0. The van der Waals surface area contributed by atoms with Crippen LogP contribution in [0.2, 0.25) is 0 Å². The first-order valence-electron chi connectivity index (χ1n) is 33.9. The predicted octanol–water partition coefficient (Wildman–Crippen LogP) is 3.45. The average Bonchev–Trinajstić information content (AvgIpc) is 1.63. The van der Waals surface area contributed by atoms with E-state index in [1.54, 1.807) is 10.9 Å². The van der Waals surface area contributed by atoms with Crippen molar-refractivity contribution >= 4 is 40.0 Å². The highest BCUT2D eigenvalue weighted by molar-refractivity contribution is 6.45. The molecule has 0 bridgehead atoms. The predicted molar refractivity (Wildman–Crippen MR) is 357 cm³/mol. The molecule has 101 heavy (non-hydrogen) atoms. The summed E-state index contributed by atoms with van der Waals surface area (Å²) in [5.74, 6) is -7.20. The molecule has 2 aliphatic heterocycles. The molecule has 6 aromatic rings. The number of halogens is 3. The van der Waals surface area contributed by atoms with Gasteiger partial charge in [-0.25, -0.2) is 27.8 Å². The number of pyridine rings is 1. The van der Waals surface area contributed by atoms with E-state index < -0.39 is 52.8 Å². The number of methoxy groups -OCH3 is 1. The van der Waals surface area contributed by atoms with Gasteiger partial charge in [0, 0.05) is 77.2 Å². The molecule has 6 heterocycles. The van der Waals surface area contributed by atoms with Crippen molar-refractivity contribution < 1.29 is 89.9 Å². The summed E-state index contributed by atoms with van der Waals surface area (Å²) in [6, 6.07) is 12.1. The first-order valence-corrected chi connectivity index (χ1v) is 33.9. The van der Waals surface area contributed by atoms with Gasteiger partial charge in [0.15, 0.2) is 17.5 Å². The SMILES string of the molecule is COc1cnc(-n2cnc(C(=O)NCCCN(CCCCN3CCN(CCOCCOCCOCCOCc4cn(CCOCCOCCOCCOCCC(=O)Oc5c(F)cc(F)cc5F)nn4)CC3)C(CO)CO)n2)c2[nH]cc(C(=O)C(=O)N3CCC(=C(C#N)c4ccccc4)CC3)c12. The lowest BCUT2D eigenvalue weighted by molar-refractivity contribution is -0.136. The molecule has 4 N–H and O–H groups in total. The Morgan fingerprint density at radius 3 is 1.94 bits per heavy atom. The van der Waals surface area contributed by atoms with Crippen LogP contribution in [-0.2, 0) is 60.6 Å². The third-order valence-corrected chi connectivity index (χ3v) is 16.6. The number of piperazine rings is 1. The van der Waals surface area contributed by atoms with E-state index in [1.807, 2.05) is 30.3 Å². The van der Waals surface area contributed by atoms with Crippen LogP contribution in [0.3, 0.4) is 0 Å². The Hall–Kier alpha value is -8.21. The fraction of sp³-hybridized carbons (Fsp3) is 0.559. The maximum absolute atomic E-state index is 13.9. The minimum Gasteiger partial charge on any atom is -0.494 e. The van der Waals surface area contributed by atoms with E-state index in [0.717, 1.165) is 63.2 Å². The summed E-state index contributed by atoms with van der Waals surface area (Å²) in [5.41, 5.74) is 3.45. The summed E-state index contributed by atoms with van der Waals surface area (Å²) in [7, 11) is 1.43. The number of amides is 2. The minimum atomic E-state index is -1.31. The number of nitriles is 1. The number of aromatic amines is 1. The number of ketones is 1. The molecule has 33 heteroatoms. The van der Waals surface area contributed by atoms with Gasteiger partial charge < -0.3 is 77.7 Å². The van der Waals surface area contributed by atoms with Crippen LogP contribution in [0, 0.1) is 28.8 Å². The molecule has 2 amide bonds. The second kappa shape index (κ2) is 43.6. The lowest BCUT2D eigenvalue weighted by Crippen LogP contribution is -2.47. The van der Waals surface area contributed by atoms with Crippen LogP contribution < -0.4 is 14.8 Å². The fourth-order valence-corrected chi connectivity index (χ4v) is 11.1. The Bertz CT molecular complexity index is 3550. The minimum absolute atomic E-state index is 0.0561. The van der Waals surface area contributed by atoms with Crippen LogP contribution in [0.1, 0.15) is 70.8 Å². The number of piperidine rings is 1. The first-order chi connectivity index (χ1) is 49.4. The standard InChI is InChI=1S/C68H91F3N14O16/c1-92-59-44-75-66(62-61(59)56(43-74-62)63(89)68(91)83-17-10-51(11-18-83)55(42-72)50-8-3-2-4-9-50)85-49-76-65(78-85)67(90)73-13-7-16-82(54(46-86)47-87)15-6-5-14-80-19-21-81(22-20-80)23-26-94-29-32-97-36-37-99-38-39-100-48-53-45-84(79-77-53)24-27-95-30-33-98-35-34-96-31-28-93-25-12-60(88)101-64-57(70)40-52(69)41-58(64)71/h2-4,8-9,40-41,43-45,49,54,74,86-87H,5-7,10-39,46-48H2,1H3,(H,73,90). The van der Waals surface area contributed by atoms with E-state index in [2.05, 4.69) is 61.2 Å². The number of fused-ring (bicyclic) bond motifs is 1. The Morgan fingerprint density at radius 2 is 1.32 bits per heavy atom. The number of hydrogen-bond acceptors (Lipinski definition) is 25. The number of allylic oxidation sites excluding steroid dienone is 1. The van der Waals surface area contributed by atoms with Crippen molar-refractivity contribution in [1.29, 1.82) is 5.26 Å². The van der Waals surface area contributed by atoms with Gasteiger partial charge in [-0.2, -0.15) is 9.94 Å². The Kier molecular flexibility index (Phi) is 33.9. The fourth-order valence-electron chi connectivity index (χ4n) is 11.1. The normalized spacial score (nSPS) is 13.8. The van der Waals surface area contributed by atoms with Gasteiger partial charge in [0.05, 0.1) is 186 Å². The van der Waals surface area contributed by atoms with Crippen LogP contribution in [0.4, 0.5) is 13.2 Å². The summed E-state index contributed by atoms with van der Waals surface area (Å²) in [6.07, 6.45) is 8.98. The third kappa shape index (κ3) is 25.4. The van der Waals surface area contributed by atoms with Crippen molar-refractivity contribution in [3.05, 3.63) is 113 Å². The summed E-state index contributed by atoms with van der Waals surface area (Å²) in [5, 5.41) is 45.9. The van der Waals surface area contributed by atoms with Crippen molar-refractivity contribution in [1.82, 2.24) is 64.6 Å². The number of hydrogen-bond donors (Lipinski definition) is 4. The molecule has 0 spiro atoms. The van der Waals surface area contributed by atoms with Crippen molar-refractivity contribution in [3.63, 3.8) is 0 Å². The number of ether oxygens (including phenoxy) is 10. The van der Waals surface area contributed by atoms with E-state index in [1.165, 1.54) is 35.4 Å². The molecule has 2 aromatic carbocycles.